The van der Waals surface area contributed by atoms with Gasteiger partial charge in [-0.05, 0) is 49.9 Å². The highest BCUT2D eigenvalue weighted by Gasteiger charge is 2.21. The van der Waals surface area contributed by atoms with Crippen LogP contribution in [0, 0.1) is 12.7 Å². The lowest BCUT2D eigenvalue weighted by atomic mass is 10.1. The predicted octanol–water partition coefficient (Wildman–Crippen LogP) is 3.24. The topological polar surface area (TPSA) is 78.7 Å². The fourth-order valence-corrected chi connectivity index (χ4v) is 3.98. The van der Waals surface area contributed by atoms with E-state index < -0.39 is 0 Å². The van der Waals surface area contributed by atoms with Gasteiger partial charge < -0.3 is 15.1 Å². The number of likely N-dealkylation sites (N-methyl/N-ethyl adjacent to an activating group) is 1. The molecular formula is C24H24FN7O. The highest BCUT2D eigenvalue weighted by Crippen LogP contribution is 2.30. The standard InChI is InChI=1S/C24H24FN7O/c1-16-4-3-9-32-22(16)28-21(17-5-7-18(25)8-6-17)23(32)29-24(33)19-14-20(27-15-26-19)31-12-10-30(2)11-13-31/h3-9,14-15H,10-13H2,1-2H3,(H,29,33). The highest BCUT2D eigenvalue weighted by molar-refractivity contribution is 6.05. The third-order valence-electron chi connectivity index (χ3n) is 5.91. The summed E-state index contributed by atoms with van der Waals surface area (Å²) in [6.45, 7) is 5.52. The minimum Gasteiger partial charge on any atom is -0.354 e. The van der Waals surface area contributed by atoms with E-state index in [2.05, 4.69) is 32.1 Å². The van der Waals surface area contributed by atoms with Crippen LogP contribution in [0.1, 0.15) is 16.1 Å². The van der Waals surface area contributed by atoms with E-state index in [0.29, 0.717) is 22.7 Å². The molecule has 1 aromatic carbocycles. The summed E-state index contributed by atoms with van der Waals surface area (Å²) in [5, 5.41) is 2.98. The minimum absolute atomic E-state index is 0.270. The van der Waals surface area contributed by atoms with Crippen LogP contribution in [-0.4, -0.2) is 63.4 Å². The van der Waals surface area contributed by atoms with Crippen LogP contribution in [0.2, 0.25) is 0 Å². The lowest BCUT2D eigenvalue weighted by molar-refractivity contribution is 0.102. The number of halogens is 1. The molecule has 0 unspecified atom stereocenters. The Morgan fingerprint density at radius 2 is 1.82 bits per heavy atom. The van der Waals surface area contributed by atoms with Crippen molar-refractivity contribution >= 4 is 23.2 Å². The molecule has 1 aliphatic heterocycles. The first-order chi connectivity index (χ1) is 16.0. The molecule has 0 bridgehead atoms. The SMILES string of the molecule is Cc1cccn2c(NC(=O)c3cc(N4CCN(C)CC4)ncn3)c(-c3ccc(F)cc3)nc12. The first-order valence-corrected chi connectivity index (χ1v) is 10.8. The summed E-state index contributed by atoms with van der Waals surface area (Å²) in [6.07, 6.45) is 3.26. The molecule has 1 saturated heterocycles. The maximum absolute atomic E-state index is 13.5. The number of fused-ring (bicyclic) bond motifs is 1. The Hall–Kier alpha value is -3.85. The molecule has 0 radical (unpaired) electrons. The van der Waals surface area contributed by atoms with Gasteiger partial charge in [-0.25, -0.2) is 19.3 Å². The molecule has 168 valence electrons. The van der Waals surface area contributed by atoms with Gasteiger partial charge in [0.05, 0.1) is 0 Å². The van der Waals surface area contributed by atoms with Gasteiger partial charge in [0.2, 0.25) is 0 Å². The third kappa shape index (κ3) is 4.14. The number of anilines is 2. The number of rotatable bonds is 4. The van der Waals surface area contributed by atoms with Crippen LogP contribution in [-0.2, 0) is 0 Å². The molecule has 5 rings (SSSR count). The summed E-state index contributed by atoms with van der Waals surface area (Å²) in [4.78, 5) is 31.0. The van der Waals surface area contributed by atoms with Crippen LogP contribution in [0.4, 0.5) is 16.0 Å². The second-order valence-electron chi connectivity index (χ2n) is 8.21. The van der Waals surface area contributed by atoms with Gasteiger partial charge in [-0.15, -0.1) is 0 Å². The lowest BCUT2D eigenvalue weighted by Gasteiger charge is -2.33. The van der Waals surface area contributed by atoms with Crippen molar-refractivity contribution in [2.24, 2.45) is 0 Å². The number of amides is 1. The maximum atomic E-state index is 13.5. The van der Waals surface area contributed by atoms with Gasteiger partial charge in [0.15, 0.2) is 0 Å². The average Bonchev–Trinajstić information content (AvgIpc) is 3.20. The Balaban J connectivity index is 1.49. The van der Waals surface area contributed by atoms with Crippen molar-refractivity contribution in [2.75, 3.05) is 43.4 Å². The van der Waals surface area contributed by atoms with E-state index in [1.807, 2.05) is 29.7 Å². The van der Waals surface area contributed by atoms with Crippen LogP contribution >= 0.6 is 0 Å². The minimum atomic E-state index is -0.362. The molecule has 0 aliphatic carbocycles. The predicted molar refractivity (Wildman–Crippen MR) is 125 cm³/mol. The fraction of sp³-hybridized carbons (Fsp3) is 0.250. The number of hydrogen-bond donors (Lipinski definition) is 1. The summed E-state index contributed by atoms with van der Waals surface area (Å²) >= 11 is 0. The summed E-state index contributed by atoms with van der Waals surface area (Å²) in [6, 6.07) is 11.6. The van der Waals surface area contributed by atoms with Gasteiger partial charge in [0, 0.05) is 44.0 Å². The number of carbonyl (C=O) groups is 1. The van der Waals surface area contributed by atoms with Crippen molar-refractivity contribution in [2.45, 2.75) is 6.92 Å². The number of aromatic nitrogens is 4. The van der Waals surface area contributed by atoms with Crippen LogP contribution in [0.15, 0.2) is 55.0 Å². The van der Waals surface area contributed by atoms with E-state index in [9.17, 15) is 9.18 Å². The molecule has 0 atom stereocenters. The van der Waals surface area contributed by atoms with Gasteiger partial charge in [-0.1, -0.05) is 6.07 Å². The maximum Gasteiger partial charge on any atom is 0.275 e. The molecule has 3 aromatic heterocycles. The highest BCUT2D eigenvalue weighted by atomic mass is 19.1. The molecule has 1 amide bonds. The van der Waals surface area contributed by atoms with E-state index in [4.69, 9.17) is 4.98 Å². The Morgan fingerprint density at radius 3 is 2.58 bits per heavy atom. The Kier molecular flexibility index (Phi) is 5.47. The van der Waals surface area contributed by atoms with Crippen LogP contribution < -0.4 is 10.2 Å². The normalized spacial score (nSPS) is 14.6. The number of hydrogen-bond acceptors (Lipinski definition) is 6. The second-order valence-corrected chi connectivity index (χ2v) is 8.21. The van der Waals surface area contributed by atoms with Crippen molar-refractivity contribution < 1.29 is 9.18 Å². The van der Waals surface area contributed by atoms with Gasteiger partial charge in [-0.3, -0.25) is 9.20 Å². The average molecular weight is 446 g/mol. The number of imidazole rings is 1. The molecule has 1 fully saturated rings. The number of aryl methyl sites for hydroxylation is 1. The zero-order chi connectivity index (χ0) is 22.9. The van der Waals surface area contributed by atoms with E-state index in [0.717, 1.165) is 37.6 Å². The number of carbonyl (C=O) groups excluding carboxylic acids is 1. The number of benzene rings is 1. The Labute approximate surface area is 190 Å². The van der Waals surface area contributed by atoms with Crippen molar-refractivity contribution in [1.29, 1.82) is 0 Å². The Bertz CT molecular complexity index is 1310. The number of pyridine rings is 1. The zero-order valence-corrected chi connectivity index (χ0v) is 18.5. The molecule has 0 saturated carbocycles. The summed E-state index contributed by atoms with van der Waals surface area (Å²) < 4.78 is 15.3. The molecule has 9 heteroatoms. The number of nitrogens with one attached hydrogen (secondary N) is 1. The summed E-state index contributed by atoms with van der Waals surface area (Å²) in [5.74, 6) is 0.544. The second kappa shape index (κ2) is 8.59. The fourth-order valence-electron chi connectivity index (χ4n) is 3.98. The van der Waals surface area contributed by atoms with Crippen molar-refractivity contribution in [3.8, 4) is 11.3 Å². The van der Waals surface area contributed by atoms with E-state index >= 15 is 0 Å². The molecule has 1 N–H and O–H groups in total. The molecule has 0 spiro atoms. The van der Waals surface area contributed by atoms with E-state index in [1.165, 1.54) is 18.5 Å². The molecular weight excluding hydrogens is 421 g/mol. The summed E-state index contributed by atoms with van der Waals surface area (Å²) in [7, 11) is 2.09. The zero-order valence-electron chi connectivity index (χ0n) is 18.5. The first-order valence-electron chi connectivity index (χ1n) is 10.8. The third-order valence-corrected chi connectivity index (χ3v) is 5.91. The van der Waals surface area contributed by atoms with Crippen molar-refractivity contribution in [3.05, 3.63) is 72.1 Å². The van der Waals surface area contributed by atoms with Crippen LogP contribution in [0.5, 0.6) is 0 Å². The smallest absolute Gasteiger partial charge is 0.275 e. The lowest BCUT2D eigenvalue weighted by Crippen LogP contribution is -2.44. The largest absolute Gasteiger partial charge is 0.354 e. The number of piperazine rings is 1. The van der Waals surface area contributed by atoms with Gasteiger partial charge >= 0.3 is 0 Å². The van der Waals surface area contributed by atoms with Crippen molar-refractivity contribution in [1.82, 2.24) is 24.3 Å². The number of nitrogens with zero attached hydrogens (tertiary/aromatic N) is 6. The van der Waals surface area contributed by atoms with Crippen LogP contribution in [0.3, 0.4) is 0 Å². The molecule has 4 aromatic rings. The monoisotopic (exact) mass is 445 g/mol. The van der Waals surface area contributed by atoms with Gasteiger partial charge in [0.25, 0.3) is 5.91 Å². The van der Waals surface area contributed by atoms with Crippen LogP contribution in [0.25, 0.3) is 16.9 Å². The molecule has 4 heterocycles. The van der Waals surface area contributed by atoms with Crippen molar-refractivity contribution in [3.63, 3.8) is 0 Å². The van der Waals surface area contributed by atoms with Gasteiger partial charge in [0.1, 0.15) is 40.8 Å². The molecule has 8 nitrogen and oxygen atoms in total. The summed E-state index contributed by atoms with van der Waals surface area (Å²) in [5.41, 5.74) is 3.21. The Morgan fingerprint density at radius 1 is 1.06 bits per heavy atom. The van der Waals surface area contributed by atoms with E-state index in [1.54, 1.807) is 18.2 Å². The molecule has 33 heavy (non-hydrogen) atoms. The van der Waals surface area contributed by atoms with Gasteiger partial charge in [-0.2, -0.15) is 0 Å². The quantitative estimate of drug-likeness (QED) is 0.520. The van der Waals surface area contributed by atoms with E-state index in [-0.39, 0.29) is 17.4 Å². The first kappa shape index (κ1) is 21.0. The molecule has 1 aliphatic rings.